The Morgan fingerprint density at radius 3 is 2.64 bits per heavy atom. The Morgan fingerprint density at radius 1 is 1.55 bits per heavy atom. The van der Waals surface area contributed by atoms with Gasteiger partial charge in [-0.05, 0) is 25.4 Å². The standard InChI is InChI=1S/C7H7ClN2O/c1-4-6(7(8)11)3-9-5(2)10-4/h3H,1-2H3. The number of carbonyl (C=O) groups is 1. The molecule has 4 heteroatoms. The molecule has 11 heavy (non-hydrogen) atoms. The number of rotatable bonds is 1. The van der Waals surface area contributed by atoms with Crippen LogP contribution in [0.5, 0.6) is 0 Å². The molecule has 1 heterocycles. The zero-order valence-corrected chi connectivity index (χ0v) is 7.01. The van der Waals surface area contributed by atoms with Gasteiger partial charge in [0.1, 0.15) is 5.82 Å². The number of hydrogen-bond acceptors (Lipinski definition) is 3. The summed E-state index contributed by atoms with van der Waals surface area (Å²) in [6.45, 7) is 3.49. The van der Waals surface area contributed by atoms with E-state index in [1.54, 1.807) is 13.8 Å². The molecule has 0 saturated heterocycles. The second-order valence-electron chi connectivity index (χ2n) is 2.19. The second kappa shape index (κ2) is 2.96. The predicted molar refractivity (Wildman–Crippen MR) is 41.7 cm³/mol. The minimum absolute atomic E-state index is 0.372. The van der Waals surface area contributed by atoms with Crippen molar-refractivity contribution in [2.24, 2.45) is 0 Å². The fourth-order valence-corrected chi connectivity index (χ4v) is 0.962. The normalized spacial score (nSPS) is 9.73. The smallest absolute Gasteiger partial charge is 0.255 e. The Labute approximate surface area is 69.4 Å². The number of hydrogen-bond donors (Lipinski definition) is 0. The van der Waals surface area contributed by atoms with Crippen LogP contribution in [0.15, 0.2) is 6.20 Å². The fourth-order valence-electron chi connectivity index (χ4n) is 0.776. The largest absolute Gasteiger partial charge is 0.275 e. The van der Waals surface area contributed by atoms with Crippen molar-refractivity contribution in [2.45, 2.75) is 13.8 Å². The van der Waals surface area contributed by atoms with Gasteiger partial charge in [-0.3, -0.25) is 4.79 Å². The zero-order chi connectivity index (χ0) is 8.43. The lowest BCUT2D eigenvalue weighted by atomic mass is 10.3. The summed E-state index contributed by atoms with van der Waals surface area (Å²) < 4.78 is 0. The average Bonchev–Trinajstić information content (AvgIpc) is 1.85. The van der Waals surface area contributed by atoms with Crippen molar-refractivity contribution in [2.75, 3.05) is 0 Å². The van der Waals surface area contributed by atoms with Crippen LogP contribution in [-0.4, -0.2) is 15.2 Å². The van der Waals surface area contributed by atoms with E-state index in [1.807, 2.05) is 0 Å². The third kappa shape index (κ3) is 1.74. The Kier molecular flexibility index (Phi) is 2.19. The molecule has 0 aliphatic rings. The van der Waals surface area contributed by atoms with Gasteiger partial charge in [0.2, 0.25) is 0 Å². The van der Waals surface area contributed by atoms with E-state index >= 15 is 0 Å². The molecule has 0 aliphatic carbocycles. The van der Waals surface area contributed by atoms with E-state index in [0.29, 0.717) is 17.1 Å². The molecule has 0 saturated carbocycles. The lowest BCUT2D eigenvalue weighted by molar-refractivity contribution is 0.108. The van der Waals surface area contributed by atoms with Gasteiger partial charge in [-0.2, -0.15) is 0 Å². The molecule has 1 aromatic rings. The van der Waals surface area contributed by atoms with Crippen LogP contribution in [0.1, 0.15) is 21.9 Å². The molecular weight excluding hydrogens is 164 g/mol. The van der Waals surface area contributed by atoms with Crippen LogP contribution in [0.4, 0.5) is 0 Å². The van der Waals surface area contributed by atoms with Gasteiger partial charge in [0.15, 0.2) is 0 Å². The van der Waals surface area contributed by atoms with Crippen molar-refractivity contribution in [3.8, 4) is 0 Å². The molecule has 0 N–H and O–H groups in total. The molecule has 0 aromatic carbocycles. The molecule has 58 valence electrons. The highest BCUT2D eigenvalue weighted by molar-refractivity contribution is 6.67. The van der Waals surface area contributed by atoms with Gasteiger partial charge in [-0.15, -0.1) is 0 Å². The van der Waals surface area contributed by atoms with Crippen LogP contribution >= 0.6 is 11.6 Å². The molecule has 0 spiro atoms. The first-order chi connectivity index (χ1) is 5.11. The summed E-state index contributed by atoms with van der Waals surface area (Å²) in [5, 5.41) is -0.512. The van der Waals surface area contributed by atoms with Gasteiger partial charge in [0.25, 0.3) is 5.24 Å². The molecule has 1 aromatic heterocycles. The van der Waals surface area contributed by atoms with E-state index in [9.17, 15) is 4.79 Å². The third-order valence-corrected chi connectivity index (χ3v) is 1.52. The highest BCUT2D eigenvalue weighted by Crippen LogP contribution is 2.06. The van der Waals surface area contributed by atoms with Gasteiger partial charge < -0.3 is 0 Å². The quantitative estimate of drug-likeness (QED) is 0.600. The molecular formula is C7H7ClN2O. The minimum Gasteiger partial charge on any atom is -0.275 e. The molecule has 3 nitrogen and oxygen atoms in total. The monoisotopic (exact) mass is 170 g/mol. The number of halogens is 1. The van der Waals surface area contributed by atoms with Crippen LogP contribution in [0.25, 0.3) is 0 Å². The molecule has 1 rings (SSSR count). The van der Waals surface area contributed by atoms with E-state index in [0.717, 1.165) is 0 Å². The first-order valence-corrected chi connectivity index (χ1v) is 3.49. The molecule has 0 amide bonds. The van der Waals surface area contributed by atoms with Gasteiger partial charge >= 0.3 is 0 Å². The Hall–Kier alpha value is -0.960. The van der Waals surface area contributed by atoms with Crippen LogP contribution in [0, 0.1) is 13.8 Å². The number of aryl methyl sites for hydroxylation is 2. The van der Waals surface area contributed by atoms with Crippen LogP contribution in [0.3, 0.4) is 0 Å². The predicted octanol–water partition coefficient (Wildman–Crippen LogP) is 1.47. The summed E-state index contributed by atoms with van der Waals surface area (Å²) >= 11 is 5.24. The first-order valence-electron chi connectivity index (χ1n) is 3.11. The SMILES string of the molecule is Cc1ncc(C(=O)Cl)c(C)n1. The Morgan fingerprint density at radius 2 is 2.18 bits per heavy atom. The summed E-state index contributed by atoms with van der Waals surface area (Å²) in [5.41, 5.74) is 0.995. The van der Waals surface area contributed by atoms with Crippen molar-refractivity contribution in [3.05, 3.63) is 23.3 Å². The molecule has 0 bridgehead atoms. The van der Waals surface area contributed by atoms with Crippen molar-refractivity contribution in [1.29, 1.82) is 0 Å². The fraction of sp³-hybridized carbons (Fsp3) is 0.286. The Bertz CT molecular complexity index is 298. The molecule has 0 atom stereocenters. The summed E-state index contributed by atoms with van der Waals surface area (Å²) in [7, 11) is 0. The van der Waals surface area contributed by atoms with Crippen molar-refractivity contribution >= 4 is 16.8 Å². The number of carbonyl (C=O) groups excluding carboxylic acids is 1. The third-order valence-electron chi connectivity index (χ3n) is 1.31. The summed E-state index contributed by atoms with van der Waals surface area (Å²) in [6, 6.07) is 0. The maximum atomic E-state index is 10.7. The molecule has 0 unspecified atom stereocenters. The van der Waals surface area contributed by atoms with E-state index in [-0.39, 0.29) is 0 Å². The lowest BCUT2D eigenvalue weighted by Gasteiger charge is -1.98. The highest BCUT2D eigenvalue weighted by Gasteiger charge is 2.06. The highest BCUT2D eigenvalue weighted by atomic mass is 35.5. The van der Waals surface area contributed by atoms with E-state index in [2.05, 4.69) is 9.97 Å². The molecule has 0 aliphatic heterocycles. The first kappa shape index (κ1) is 8.14. The number of nitrogens with zero attached hydrogens (tertiary/aromatic N) is 2. The van der Waals surface area contributed by atoms with Gasteiger partial charge in [0, 0.05) is 6.20 Å². The summed E-state index contributed by atoms with van der Waals surface area (Å²) in [4.78, 5) is 18.5. The van der Waals surface area contributed by atoms with Crippen LogP contribution in [0.2, 0.25) is 0 Å². The molecule has 0 radical (unpaired) electrons. The Balaban J connectivity index is 3.20. The maximum absolute atomic E-state index is 10.7. The van der Waals surface area contributed by atoms with E-state index in [1.165, 1.54) is 6.20 Å². The molecule has 0 fully saturated rings. The minimum atomic E-state index is -0.512. The zero-order valence-electron chi connectivity index (χ0n) is 6.26. The van der Waals surface area contributed by atoms with E-state index in [4.69, 9.17) is 11.6 Å². The van der Waals surface area contributed by atoms with E-state index < -0.39 is 5.24 Å². The summed E-state index contributed by atoms with van der Waals surface area (Å²) in [5.74, 6) is 0.643. The van der Waals surface area contributed by atoms with Crippen molar-refractivity contribution in [1.82, 2.24) is 9.97 Å². The van der Waals surface area contributed by atoms with Crippen LogP contribution in [-0.2, 0) is 0 Å². The number of aromatic nitrogens is 2. The maximum Gasteiger partial charge on any atom is 0.255 e. The van der Waals surface area contributed by atoms with Crippen LogP contribution < -0.4 is 0 Å². The van der Waals surface area contributed by atoms with Gasteiger partial charge in [-0.25, -0.2) is 9.97 Å². The topological polar surface area (TPSA) is 42.9 Å². The average molecular weight is 171 g/mol. The van der Waals surface area contributed by atoms with Crippen molar-refractivity contribution < 1.29 is 4.79 Å². The summed E-state index contributed by atoms with van der Waals surface area (Å²) in [6.07, 6.45) is 1.44. The second-order valence-corrected chi connectivity index (χ2v) is 2.53. The van der Waals surface area contributed by atoms with Gasteiger partial charge in [0.05, 0.1) is 11.3 Å². The van der Waals surface area contributed by atoms with Gasteiger partial charge in [-0.1, -0.05) is 0 Å². The lowest BCUT2D eigenvalue weighted by Crippen LogP contribution is -1.99. The van der Waals surface area contributed by atoms with Crippen molar-refractivity contribution in [3.63, 3.8) is 0 Å².